The molecule has 0 aliphatic carbocycles. The van der Waals surface area contributed by atoms with Gasteiger partial charge >= 0.3 is 0 Å². The van der Waals surface area contributed by atoms with Crippen LogP contribution in [0, 0.1) is 6.92 Å². The number of nitrogens with one attached hydrogen (secondary N) is 1. The molecule has 0 aliphatic rings. The molecule has 3 N–H and O–H groups in total. The summed E-state index contributed by atoms with van der Waals surface area (Å²) in [5.74, 6) is -0.910. The van der Waals surface area contributed by atoms with E-state index in [-0.39, 0.29) is 11.3 Å². The van der Waals surface area contributed by atoms with Crippen LogP contribution in [0.3, 0.4) is 0 Å². The number of hydrogen-bond donors (Lipinski definition) is 3. The van der Waals surface area contributed by atoms with Gasteiger partial charge in [-0.2, -0.15) is 0 Å². The van der Waals surface area contributed by atoms with E-state index >= 15 is 0 Å². The first-order valence-electron chi connectivity index (χ1n) is 5.33. The van der Waals surface area contributed by atoms with E-state index < -0.39 is 11.7 Å². The molecule has 5 heteroatoms. The minimum absolute atomic E-state index is 0.00157. The molecule has 0 radical (unpaired) electrons. The van der Waals surface area contributed by atoms with Crippen molar-refractivity contribution < 1.29 is 15.0 Å². The van der Waals surface area contributed by atoms with Crippen molar-refractivity contribution >= 4 is 11.7 Å². The Kier molecular flexibility index (Phi) is 3.14. The lowest BCUT2D eigenvalue weighted by molar-refractivity contribution is 0.102. The Morgan fingerprint density at radius 3 is 2.78 bits per heavy atom. The molecule has 2 rings (SSSR count). The smallest absolute Gasteiger partial charge is 0.260 e. The maximum Gasteiger partial charge on any atom is 0.260 e. The maximum absolute atomic E-state index is 11.9. The molecule has 5 nitrogen and oxygen atoms in total. The molecule has 0 spiro atoms. The zero-order valence-corrected chi connectivity index (χ0v) is 9.71. The maximum atomic E-state index is 11.9. The van der Waals surface area contributed by atoms with E-state index in [0.717, 1.165) is 5.56 Å². The van der Waals surface area contributed by atoms with E-state index in [4.69, 9.17) is 0 Å². The van der Waals surface area contributed by atoms with Crippen molar-refractivity contribution in [2.75, 3.05) is 5.32 Å². The first kappa shape index (κ1) is 11.9. The van der Waals surface area contributed by atoms with Gasteiger partial charge in [0.05, 0.1) is 5.56 Å². The number of rotatable bonds is 2. The van der Waals surface area contributed by atoms with Gasteiger partial charge in [0.25, 0.3) is 5.91 Å². The minimum Gasteiger partial charge on any atom is -0.504 e. The van der Waals surface area contributed by atoms with Crippen molar-refractivity contribution in [2.24, 2.45) is 0 Å². The van der Waals surface area contributed by atoms with Gasteiger partial charge in [0.15, 0.2) is 11.5 Å². The molecular weight excluding hydrogens is 232 g/mol. The highest BCUT2D eigenvalue weighted by atomic mass is 16.3. The average Bonchev–Trinajstić information content (AvgIpc) is 2.32. The molecule has 92 valence electrons. The molecule has 2 aromatic rings. The predicted molar refractivity (Wildman–Crippen MR) is 66.7 cm³/mol. The highest BCUT2D eigenvalue weighted by Gasteiger charge is 2.14. The number of carbonyl (C=O) groups is 1. The fraction of sp³-hybridized carbons (Fsp3) is 0.0769. The molecule has 1 aromatic heterocycles. The molecule has 0 fully saturated rings. The first-order valence-corrected chi connectivity index (χ1v) is 5.33. The average molecular weight is 244 g/mol. The fourth-order valence-electron chi connectivity index (χ4n) is 1.50. The lowest BCUT2D eigenvalue weighted by Gasteiger charge is -2.07. The van der Waals surface area contributed by atoms with Gasteiger partial charge in [0.2, 0.25) is 0 Å². The number of anilines is 1. The highest BCUT2D eigenvalue weighted by molar-refractivity contribution is 6.06. The summed E-state index contributed by atoms with van der Waals surface area (Å²) in [6, 6.07) is 7.71. The van der Waals surface area contributed by atoms with Crippen molar-refractivity contribution in [3.05, 3.63) is 47.7 Å². The van der Waals surface area contributed by atoms with E-state index in [1.165, 1.54) is 18.2 Å². The second kappa shape index (κ2) is 4.75. The van der Waals surface area contributed by atoms with E-state index in [2.05, 4.69) is 10.3 Å². The highest BCUT2D eigenvalue weighted by Crippen LogP contribution is 2.28. The summed E-state index contributed by atoms with van der Waals surface area (Å²) in [7, 11) is 0. The molecule has 1 heterocycles. The first-order chi connectivity index (χ1) is 8.58. The van der Waals surface area contributed by atoms with Gasteiger partial charge in [-0.15, -0.1) is 0 Å². The van der Waals surface area contributed by atoms with Gasteiger partial charge in [0, 0.05) is 6.20 Å². The Bertz CT molecular complexity index is 597. The molecular formula is C13H12N2O3. The van der Waals surface area contributed by atoms with Crippen LogP contribution in [0.5, 0.6) is 11.5 Å². The van der Waals surface area contributed by atoms with Gasteiger partial charge in [-0.25, -0.2) is 4.98 Å². The van der Waals surface area contributed by atoms with Crippen molar-refractivity contribution in [1.82, 2.24) is 4.98 Å². The molecule has 0 unspecified atom stereocenters. The summed E-state index contributed by atoms with van der Waals surface area (Å²) in [6.07, 6.45) is 1.58. The van der Waals surface area contributed by atoms with Gasteiger partial charge in [0.1, 0.15) is 5.82 Å². The number of aryl methyl sites for hydroxylation is 1. The Morgan fingerprint density at radius 2 is 2.06 bits per heavy atom. The Labute approximate surface area is 104 Å². The molecule has 1 amide bonds. The van der Waals surface area contributed by atoms with Crippen molar-refractivity contribution in [3.8, 4) is 11.5 Å². The van der Waals surface area contributed by atoms with Crippen LogP contribution in [-0.4, -0.2) is 21.1 Å². The Balaban J connectivity index is 2.25. The molecule has 0 aliphatic heterocycles. The van der Waals surface area contributed by atoms with Crippen LogP contribution in [0.1, 0.15) is 15.9 Å². The number of hydrogen-bond acceptors (Lipinski definition) is 4. The Morgan fingerprint density at radius 1 is 1.28 bits per heavy atom. The summed E-state index contributed by atoms with van der Waals surface area (Å²) in [5, 5.41) is 21.4. The SMILES string of the molecule is Cc1ccnc(NC(=O)c2cccc(O)c2O)c1. The number of pyridine rings is 1. The van der Waals surface area contributed by atoms with E-state index in [1.807, 2.05) is 13.0 Å². The third-order valence-electron chi connectivity index (χ3n) is 2.42. The largest absolute Gasteiger partial charge is 0.504 e. The number of amides is 1. The fourth-order valence-corrected chi connectivity index (χ4v) is 1.50. The predicted octanol–water partition coefficient (Wildman–Crippen LogP) is 2.05. The lowest BCUT2D eigenvalue weighted by atomic mass is 10.1. The number of phenols is 2. The standard InChI is InChI=1S/C13H12N2O3/c1-8-5-6-14-11(7-8)15-13(18)9-3-2-4-10(16)12(9)17/h2-7,16-17H,1H3,(H,14,15,18). The third-order valence-corrected chi connectivity index (χ3v) is 2.42. The summed E-state index contributed by atoms with van der Waals surface area (Å²) in [6.45, 7) is 1.88. The van der Waals surface area contributed by atoms with E-state index in [9.17, 15) is 15.0 Å². The Hall–Kier alpha value is -2.56. The summed E-state index contributed by atoms with van der Waals surface area (Å²) in [4.78, 5) is 15.9. The van der Waals surface area contributed by atoms with Crippen LogP contribution < -0.4 is 5.32 Å². The number of para-hydroxylation sites is 1. The van der Waals surface area contributed by atoms with Gasteiger partial charge in [-0.1, -0.05) is 6.07 Å². The molecule has 0 atom stereocenters. The number of nitrogens with zero attached hydrogens (tertiary/aromatic N) is 1. The molecule has 18 heavy (non-hydrogen) atoms. The van der Waals surface area contributed by atoms with E-state index in [1.54, 1.807) is 12.3 Å². The topological polar surface area (TPSA) is 82.5 Å². The monoisotopic (exact) mass is 244 g/mol. The number of phenolic OH excluding ortho intramolecular Hbond substituents is 2. The van der Waals surface area contributed by atoms with Crippen LogP contribution in [0.2, 0.25) is 0 Å². The molecule has 0 saturated heterocycles. The number of aromatic hydroxyl groups is 2. The molecule has 0 bridgehead atoms. The van der Waals surface area contributed by atoms with Crippen molar-refractivity contribution in [1.29, 1.82) is 0 Å². The van der Waals surface area contributed by atoms with Crippen LogP contribution in [0.15, 0.2) is 36.5 Å². The number of benzene rings is 1. The second-order valence-electron chi connectivity index (χ2n) is 3.85. The van der Waals surface area contributed by atoms with Crippen LogP contribution >= 0.6 is 0 Å². The molecule has 0 saturated carbocycles. The summed E-state index contributed by atoms with van der Waals surface area (Å²) in [5.41, 5.74) is 0.957. The zero-order valence-electron chi connectivity index (χ0n) is 9.71. The third kappa shape index (κ3) is 2.40. The number of aromatic nitrogens is 1. The lowest BCUT2D eigenvalue weighted by Crippen LogP contribution is -2.13. The minimum atomic E-state index is -0.526. The summed E-state index contributed by atoms with van der Waals surface area (Å²) < 4.78 is 0. The second-order valence-corrected chi connectivity index (χ2v) is 3.85. The van der Waals surface area contributed by atoms with Crippen LogP contribution in [-0.2, 0) is 0 Å². The molecule has 1 aromatic carbocycles. The van der Waals surface area contributed by atoms with Gasteiger partial charge < -0.3 is 15.5 Å². The zero-order chi connectivity index (χ0) is 13.1. The summed E-state index contributed by atoms with van der Waals surface area (Å²) >= 11 is 0. The van der Waals surface area contributed by atoms with Crippen LogP contribution in [0.4, 0.5) is 5.82 Å². The van der Waals surface area contributed by atoms with Gasteiger partial charge in [-0.05, 0) is 36.8 Å². The van der Waals surface area contributed by atoms with E-state index in [0.29, 0.717) is 5.82 Å². The van der Waals surface area contributed by atoms with Gasteiger partial charge in [-0.3, -0.25) is 4.79 Å². The normalized spacial score (nSPS) is 10.1. The number of carbonyl (C=O) groups excluding carboxylic acids is 1. The van der Waals surface area contributed by atoms with Crippen molar-refractivity contribution in [3.63, 3.8) is 0 Å². The van der Waals surface area contributed by atoms with Crippen molar-refractivity contribution in [2.45, 2.75) is 6.92 Å². The quantitative estimate of drug-likeness (QED) is 0.706. The van der Waals surface area contributed by atoms with Crippen LogP contribution in [0.25, 0.3) is 0 Å².